The first-order valence-corrected chi connectivity index (χ1v) is 8.83. The maximum absolute atomic E-state index is 12.6. The lowest BCUT2D eigenvalue weighted by atomic mass is 10.2. The zero-order valence-corrected chi connectivity index (χ0v) is 15.8. The van der Waals surface area contributed by atoms with Crippen LogP contribution in [0.5, 0.6) is 0 Å². The number of amides is 1. The lowest BCUT2D eigenvalue weighted by Gasteiger charge is -2.17. The summed E-state index contributed by atoms with van der Waals surface area (Å²) < 4.78 is 6.73. The molecule has 1 heterocycles. The van der Waals surface area contributed by atoms with Crippen molar-refractivity contribution in [1.82, 2.24) is 9.88 Å². The van der Waals surface area contributed by atoms with Gasteiger partial charge in [-0.1, -0.05) is 52.3 Å². The second-order valence-corrected chi connectivity index (χ2v) is 6.76. The van der Waals surface area contributed by atoms with Gasteiger partial charge in [-0.05, 0) is 30.7 Å². The molecule has 0 radical (unpaired) electrons. The SMILES string of the molecule is Cc1oc(-c2ccccc2)nc1CC(=O)N(C)Cc1ccccc1Br. The normalized spacial score (nSPS) is 10.7. The highest BCUT2D eigenvalue weighted by Crippen LogP contribution is 2.22. The Hall–Kier alpha value is -2.40. The Balaban J connectivity index is 1.71. The first-order valence-electron chi connectivity index (χ1n) is 8.03. The molecule has 128 valence electrons. The molecule has 1 amide bonds. The van der Waals surface area contributed by atoms with E-state index in [-0.39, 0.29) is 12.3 Å². The Labute approximate surface area is 155 Å². The monoisotopic (exact) mass is 398 g/mol. The maximum atomic E-state index is 12.6. The molecule has 0 unspecified atom stereocenters. The van der Waals surface area contributed by atoms with Gasteiger partial charge < -0.3 is 9.32 Å². The smallest absolute Gasteiger partial charge is 0.228 e. The maximum Gasteiger partial charge on any atom is 0.228 e. The van der Waals surface area contributed by atoms with Crippen LogP contribution in [0, 0.1) is 6.92 Å². The molecule has 4 nitrogen and oxygen atoms in total. The van der Waals surface area contributed by atoms with E-state index in [1.807, 2.05) is 61.5 Å². The van der Waals surface area contributed by atoms with E-state index < -0.39 is 0 Å². The van der Waals surface area contributed by atoms with Crippen LogP contribution in [0.25, 0.3) is 11.5 Å². The van der Waals surface area contributed by atoms with E-state index in [0.29, 0.717) is 23.9 Å². The molecule has 0 aliphatic heterocycles. The number of aromatic nitrogens is 1. The molecule has 3 rings (SSSR count). The van der Waals surface area contributed by atoms with Crippen molar-refractivity contribution in [3.63, 3.8) is 0 Å². The summed E-state index contributed by atoms with van der Waals surface area (Å²) in [6.45, 7) is 2.39. The summed E-state index contributed by atoms with van der Waals surface area (Å²) in [5, 5.41) is 0. The van der Waals surface area contributed by atoms with Gasteiger partial charge in [0.25, 0.3) is 0 Å². The van der Waals surface area contributed by atoms with E-state index in [1.165, 1.54) is 0 Å². The molecule has 3 aromatic rings. The summed E-state index contributed by atoms with van der Waals surface area (Å²) >= 11 is 3.52. The first-order chi connectivity index (χ1) is 12.0. The Bertz CT molecular complexity index is 874. The quantitative estimate of drug-likeness (QED) is 0.629. The van der Waals surface area contributed by atoms with Crippen molar-refractivity contribution in [1.29, 1.82) is 0 Å². The summed E-state index contributed by atoms with van der Waals surface area (Å²) in [6, 6.07) is 17.6. The van der Waals surface area contributed by atoms with Crippen LogP contribution in [0.15, 0.2) is 63.5 Å². The third-order valence-corrected chi connectivity index (χ3v) is 4.80. The third-order valence-electron chi connectivity index (χ3n) is 4.02. The fourth-order valence-corrected chi connectivity index (χ4v) is 2.95. The van der Waals surface area contributed by atoms with E-state index in [2.05, 4.69) is 20.9 Å². The van der Waals surface area contributed by atoms with Crippen LogP contribution >= 0.6 is 15.9 Å². The predicted octanol–water partition coefficient (Wildman–Crippen LogP) is 4.61. The molecule has 2 aromatic carbocycles. The number of benzene rings is 2. The van der Waals surface area contributed by atoms with Crippen molar-refractivity contribution in [2.75, 3.05) is 7.05 Å². The van der Waals surface area contributed by atoms with Crippen molar-refractivity contribution in [2.24, 2.45) is 0 Å². The molecule has 1 aromatic heterocycles. The molecule has 0 aliphatic carbocycles. The van der Waals surface area contributed by atoms with Crippen LogP contribution in [0.4, 0.5) is 0 Å². The van der Waals surface area contributed by atoms with Crippen molar-refractivity contribution < 1.29 is 9.21 Å². The molecule has 0 fully saturated rings. The van der Waals surface area contributed by atoms with E-state index >= 15 is 0 Å². The van der Waals surface area contributed by atoms with Crippen LogP contribution in [-0.4, -0.2) is 22.8 Å². The molecule has 0 aliphatic rings. The number of hydrogen-bond acceptors (Lipinski definition) is 3. The largest absolute Gasteiger partial charge is 0.441 e. The van der Waals surface area contributed by atoms with Crippen LogP contribution in [0.1, 0.15) is 17.0 Å². The molecule has 5 heteroatoms. The Morgan fingerprint density at radius 3 is 2.52 bits per heavy atom. The molecular weight excluding hydrogens is 380 g/mol. The van der Waals surface area contributed by atoms with E-state index in [9.17, 15) is 4.79 Å². The molecule has 0 saturated carbocycles. The summed E-state index contributed by atoms with van der Waals surface area (Å²) in [4.78, 5) is 18.8. The van der Waals surface area contributed by atoms with Crippen LogP contribution in [0.2, 0.25) is 0 Å². The van der Waals surface area contributed by atoms with E-state index in [1.54, 1.807) is 11.9 Å². The van der Waals surface area contributed by atoms with E-state index in [0.717, 1.165) is 15.6 Å². The van der Waals surface area contributed by atoms with Gasteiger partial charge in [0.1, 0.15) is 5.76 Å². The molecule has 0 N–H and O–H groups in total. The van der Waals surface area contributed by atoms with Gasteiger partial charge in [0, 0.05) is 23.6 Å². The van der Waals surface area contributed by atoms with Crippen molar-refractivity contribution in [3.05, 3.63) is 76.1 Å². The van der Waals surface area contributed by atoms with Gasteiger partial charge in [0.2, 0.25) is 11.8 Å². The molecule has 0 atom stereocenters. The van der Waals surface area contributed by atoms with Crippen molar-refractivity contribution >= 4 is 21.8 Å². The number of halogens is 1. The van der Waals surface area contributed by atoms with Crippen LogP contribution in [-0.2, 0) is 17.8 Å². The number of hydrogen-bond donors (Lipinski definition) is 0. The number of likely N-dealkylation sites (N-methyl/N-ethyl adjacent to an activating group) is 1. The van der Waals surface area contributed by atoms with Gasteiger partial charge in [0.05, 0.1) is 12.1 Å². The fourth-order valence-electron chi connectivity index (χ4n) is 2.54. The Morgan fingerprint density at radius 2 is 1.80 bits per heavy atom. The highest BCUT2D eigenvalue weighted by molar-refractivity contribution is 9.10. The van der Waals surface area contributed by atoms with Gasteiger partial charge in [-0.15, -0.1) is 0 Å². The Morgan fingerprint density at radius 1 is 1.12 bits per heavy atom. The zero-order valence-electron chi connectivity index (χ0n) is 14.2. The minimum atomic E-state index is 0.00626. The lowest BCUT2D eigenvalue weighted by molar-refractivity contribution is -0.129. The molecule has 0 saturated heterocycles. The van der Waals surface area contributed by atoms with Crippen LogP contribution < -0.4 is 0 Å². The fraction of sp³-hybridized carbons (Fsp3) is 0.200. The van der Waals surface area contributed by atoms with Gasteiger partial charge in [-0.2, -0.15) is 0 Å². The number of rotatable bonds is 5. The summed E-state index contributed by atoms with van der Waals surface area (Å²) in [7, 11) is 1.80. The zero-order chi connectivity index (χ0) is 17.8. The number of nitrogens with zero attached hydrogens (tertiary/aromatic N) is 2. The van der Waals surface area contributed by atoms with Crippen molar-refractivity contribution in [2.45, 2.75) is 19.9 Å². The second-order valence-electron chi connectivity index (χ2n) is 5.91. The topological polar surface area (TPSA) is 46.3 Å². The summed E-state index contributed by atoms with van der Waals surface area (Å²) in [6.07, 6.45) is 0.225. The molecule has 0 bridgehead atoms. The number of carbonyl (C=O) groups is 1. The number of carbonyl (C=O) groups excluding carboxylic acids is 1. The van der Waals surface area contributed by atoms with Gasteiger partial charge in [-0.25, -0.2) is 4.98 Å². The average Bonchev–Trinajstić information content (AvgIpc) is 2.98. The highest BCUT2D eigenvalue weighted by atomic mass is 79.9. The van der Waals surface area contributed by atoms with Gasteiger partial charge >= 0.3 is 0 Å². The minimum Gasteiger partial charge on any atom is -0.441 e. The second kappa shape index (κ2) is 7.66. The predicted molar refractivity (Wildman–Crippen MR) is 101 cm³/mol. The average molecular weight is 399 g/mol. The van der Waals surface area contributed by atoms with Gasteiger partial charge in [0.15, 0.2) is 0 Å². The molecule has 25 heavy (non-hydrogen) atoms. The molecule has 0 spiro atoms. The minimum absolute atomic E-state index is 0.00626. The number of aryl methyl sites for hydroxylation is 1. The highest BCUT2D eigenvalue weighted by Gasteiger charge is 2.17. The number of oxazole rings is 1. The molecular formula is C20H19BrN2O2. The lowest BCUT2D eigenvalue weighted by Crippen LogP contribution is -2.28. The third kappa shape index (κ3) is 4.17. The van der Waals surface area contributed by atoms with E-state index in [4.69, 9.17) is 4.42 Å². The first kappa shape index (κ1) is 17.4. The van der Waals surface area contributed by atoms with Gasteiger partial charge in [-0.3, -0.25) is 4.79 Å². The van der Waals surface area contributed by atoms with Crippen LogP contribution in [0.3, 0.4) is 0 Å². The summed E-state index contributed by atoms with van der Waals surface area (Å²) in [5.74, 6) is 1.24. The standard InChI is InChI=1S/C20H19BrN2O2/c1-14-18(22-20(25-14)15-8-4-3-5-9-15)12-19(24)23(2)13-16-10-6-7-11-17(16)21/h3-11H,12-13H2,1-2H3. The summed E-state index contributed by atoms with van der Waals surface area (Å²) in [5.41, 5.74) is 2.66. The van der Waals surface area contributed by atoms with Crippen molar-refractivity contribution in [3.8, 4) is 11.5 Å². The Kier molecular flexibility index (Phi) is 5.34.